The van der Waals surface area contributed by atoms with Crippen LogP contribution in [0, 0.1) is 5.92 Å². The summed E-state index contributed by atoms with van der Waals surface area (Å²) in [6.45, 7) is 2.17. The van der Waals surface area contributed by atoms with Gasteiger partial charge in [-0.15, -0.1) is 0 Å². The highest BCUT2D eigenvalue weighted by Gasteiger charge is 2.28. The van der Waals surface area contributed by atoms with E-state index in [1.54, 1.807) is 0 Å². The Hall–Kier alpha value is -1.93. The van der Waals surface area contributed by atoms with Crippen molar-refractivity contribution in [1.29, 1.82) is 0 Å². The first-order valence-electron chi connectivity index (χ1n) is 8.56. The van der Waals surface area contributed by atoms with Crippen molar-refractivity contribution in [3.8, 4) is 0 Å². The highest BCUT2D eigenvalue weighted by molar-refractivity contribution is 5.98. The standard InChI is InChI=1S/C21H26O2/c1-2-3-4-11-16-19(20(22)17-12-7-5-8-13-17)21(23)18-14-9-6-10-15-18/h5-10,12-15,19-20,22H,2-4,11,16H2,1H3/t19-,20+/m1/s1. The molecule has 0 radical (unpaired) electrons. The fourth-order valence-electron chi connectivity index (χ4n) is 2.92. The topological polar surface area (TPSA) is 37.3 Å². The summed E-state index contributed by atoms with van der Waals surface area (Å²) in [5, 5.41) is 10.7. The van der Waals surface area contributed by atoms with E-state index < -0.39 is 6.10 Å². The van der Waals surface area contributed by atoms with Gasteiger partial charge in [-0.25, -0.2) is 0 Å². The summed E-state index contributed by atoms with van der Waals surface area (Å²) < 4.78 is 0. The Morgan fingerprint density at radius 1 is 0.913 bits per heavy atom. The van der Waals surface area contributed by atoms with Crippen molar-refractivity contribution in [2.24, 2.45) is 5.92 Å². The first kappa shape index (κ1) is 17.4. The second-order valence-electron chi connectivity index (χ2n) is 6.04. The molecule has 122 valence electrons. The summed E-state index contributed by atoms with van der Waals surface area (Å²) >= 11 is 0. The fourth-order valence-corrected chi connectivity index (χ4v) is 2.92. The summed E-state index contributed by atoms with van der Waals surface area (Å²) in [5.41, 5.74) is 1.50. The van der Waals surface area contributed by atoms with Gasteiger partial charge >= 0.3 is 0 Å². The lowest BCUT2D eigenvalue weighted by molar-refractivity contribution is 0.0649. The molecule has 0 aromatic heterocycles. The average Bonchev–Trinajstić information content (AvgIpc) is 2.62. The molecular formula is C21H26O2. The SMILES string of the molecule is CCCCCC[C@@H](C(=O)c1ccccc1)[C@@H](O)c1ccccc1. The minimum absolute atomic E-state index is 0.0402. The molecule has 0 spiro atoms. The van der Waals surface area contributed by atoms with Crippen molar-refractivity contribution in [2.75, 3.05) is 0 Å². The van der Waals surface area contributed by atoms with Gasteiger partial charge in [-0.1, -0.05) is 93.3 Å². The van der Waals surface area contributed by atoms with Crippen LogP contribution in [0.4, 0.5) is 0 Å². The van der Waals surface area contributed by atoms with Crippen LogP contribution in [0.2, 0.25) is 0 Å². The minimum atomic E-state index is -0.745. The zero-order valence-electron chi connectivity index (χ0n) is 13.8. The quantitative estimate of drug-likeness (QED) is 0.511. The Kier molecular flexibility index (Phi) is 7.02. The molecule has 0 saturated carbocycles. The number of benzene rings is 2. The van der Waals surface area contributed by atoms with Gasteiger partial charge in [0.1, 0.15) is 0 Å². The number of aliphatic hydroxyl groups excluding tert-OH is 1. The third-order valence-corrected chi connectivity index (χ3v) is 4.29. The zero-order chi connectivity index (χ0) is 16.5. The summed E-state index contributed by atoms with van der Waals surface area (Å²) in [4.78, 5) is 12.9. The molecule has 0 saturated heterocycles. The smallest absolute Gasteiger partial charge is 0.168 e. The third kappa shape index (κ3) is 5.04. The summed E-state index contributed by atoms with van der Waals surface area (Å²) in [6, 6.07) is 18.8. The largest absolute Gasteiger partial charge is 0.388 e. The molecule has 2 atom stereocenters. The van der Waals surface area contributed by atoms with Gasteiger partial charge < -0.3 is 5.11 Å². The van der Waals surface area contributed by atoms with E-state index in [2.05, 4.69) is 6.92 Å². The van der Waals surface area contributed by atoms with Crippen molar-refractivity contribution >= 4 is 5.78 Å². The third-order valence-electron chi connectivity index (χ3n) is 4.29. The number of hydrogen-bond donors (Lipinski definition) is 1. The lowest BCUT2D eigenvalue weighted by Crippen LogP contribution is -2.22. The van der Waals surface area contributed by atoms with Crippen LogP contribution in [-0.2, 0) is 0 Å². The highest BCUT2D eigenvalue weighted by atomic mass is 16.3. The fraction of sp³-hybridized carbons (Fsp3) is 0.381. The number of carbonyl (C=O) groups excluding carboxylic acids is 1. The first-order chi connectivity index (χ1) is 11.2. The Morgan fingerprint density at radius 2 is 1.52 bits per heavy atom. The molecule has 0 unspecified atom stereocenters. The average molecular weight is 310 g/mol. The van der Waals surface area contributed by atoms with E-state index in [-0.39, 0.29) is 11.7 Å². The summed E-state index contributed by atoms with van der Waals surface area (Å²) in [5.74, 6) is -0.338. The van der Waals surface area contributed by atoms with Gasteiger partial charge in [0.2, 0.25) is 0 Å². The van der Waals surface area contributed by atoms with Crippen LogP contribution < -0.4 is 0 Å². The molecule has 0 aliphatic heterocycles. The molecule has 2 aromatic rings. The van der Waals surface area contributed by atoms with Crippen LogP contribution in [0.3, 0.4) is 0 Å². The Bertz CT molecular complexity index is 577. The summed E-state index contributed by atoms with van der Waals surface area (Å²) in [6.07, 6.45) is 4.40. The van der Waals surface area contributed by atoms with E-state index >= 15 is 0 Å². The van der Waals surface area contributed by atoms with E-state index in [1.807, 2.05) is 60.7 Å². The van der Waals surface area contributed by atoms with Crippen LogP contribution in [0.25, 0.3) is 0 Å². The van der Waals surface area contributed by atoms with Crippen LogP contribution in [0.1, 0.15) is 61.1 Å². The molecule has 0 bridgehead atoms. The molecular weight excluding hydrogens is 284 g/mol. The second kappa shape index (κ2) is 9.26. The minimum Gasteiger partial charge on any atom is -0.388 e. The number of carbonyl (C=O) groups is 1. The second-order valence-corrected chi connectivity index (χ2v) is 6.04. The molecule has 1 N–H and O–H groups in total. The number of ketones is 1. The van der Waals surface area contributed by atoms with Crippen molar-refractivity contribution in [3.63, 3.8) is 0 Å². The Labute approximate surface area is 139 Å². The van der Waals surface area contributed by atoms with Gasteiger partial charge in [-0.3, -0.25) is 4.79 Å². The molecule has 0 heterocycles. The number of aliphatic hydroxyl groups is 1. The predicted octanol–water partition coefficient (Wildman–Crippen LogP) is 5.19. The number of rotatable bonds is 9. The zero-order valence-corrected chi connectivity index (χ0v) is 13.8. The van der Waals surface area contributed by atoms with E-state index in [4.69, 9.17) is 0 Å². The number of unbranched alkanes of at least 4 members (excludes halogenated alkanes) is 3. The van der Waals surface area contributed by atoms with E-state index in [0.29, 0.717) is 5.56 Å². The molecule has 23 heavy (non-hydrogen) atoms. The van der Waals surface area contributed by atoms with Crippen LogP contribution in [0.5, 0.6) is 0 Å². The maximum absolute atomic E-state index is 12.9. The normalized spacial score (nSPS) is 13.5. The van der Waals surface area contributed by atoms with Gasteiger partial charge in [0, 0.05) is 5.56 Å². The molecule has 2 nitrogen and oxygen atoms in total. The van der Waals surface area contributed by atoms with Gasteiger partial charge in [0.15, 0.2) is 5.78 Å². The van der Waals surface area contributed by atoms with Gasteiger partial charge in [0.25, 0.3) is 0 Å². The number of Topliss-reactive ketones (excluding diaryl/α,β-unsaturated/α-hetero) is 1. The van der Waals surface area contributed by atoms with Crippen molar-refractivity contribution in [2.45, 2.75) is 45.1 Å². The number of hydrogen-bond acceptors (Lipinski definition) is 2. The molecule has 2 heteroatoms. The van der Waals surface area contributed by atoms with Crippen LogP contribution in [-0.4, -0.2) is 10.9 Å². The molecule has 0 fully saturated rings. The first-order valence-corrected chi connectivity index (χ1v) is 8.56. The molecule has 2 aromatic carbocycles. The maximum atomic E-state index is 12.9. The molecule has 0 aliphatic carbocycles. The van der Waals surface area contributed by atoms with Crippen molar-refractivity contribution in [3.05, 3.63) is 71.8 Å². The lowest BCUT2D eigenvalue weighted by atomic mass is 9.85. The van der Waals surface area contributed by atoms with Crippen molar-refractivity contribution < 1.29 is 9.90 Å². The van der Waals surface area contributed by atoms with E-state index in [9.17, 15) is 9.90 Å². The maximum Gasteiger partial charge on any atom is 0.168 e. The van der Waals surface area contributed by atoms with Crippen molar-refractivity contribution in [1.82, 2.24) is 0 Å². The highest BCUT2D eigenvalue weighted by Crippen LogP contribution is 2.29. The molecule has 0 amide bonds. The predicted molar refractivity (Wildman–Crippen MR) is 94.4 cm³/mol. The van der Waals surface area contributed by atoms with Gasteiger partial charge in [-0.05, 0) is 12.0 Å². The summed E-state index contributed by atoms with van der Waals surface area (Å²) in [7, 11) is 0. The van der Waals surface area contributed by atoms with Crippen LogP contribution >= 0.6 is 0 Å². The molecule has 2 rings (SSSR count). The molecule has 0 aliphatic rings. The Balaban J connectivity index is 2.15. The van der Waals surface area contributed by atoms with E-state index in [1.165, 1.54) is 12.8 Å². The van der Waals surface area contributed by atoms with E-state index in [0.717, 1.165) is 24.8 Å². The van der Waals surface area contributed by atoms with Crippen LogP contribution in [0.15, 0.2) is 60.7 Å². The van der Waals surface area contributed by atoms with Gasteiger partial charge in [0.05, 0.1) is 12.0 Å². The Morgan fingerprint density at radius 3 is 2.13 bits per heavy atom. The lowest BCUT2D eigenvalue weighted by Gasteiger charge is -2.22. The monoisotopic (exact) mass is 310 g/mol. The van der Waals surface area contributed by atoms with Gasteiger partial charge in [-0.2, -0.15) is 0 Å².